The van der Waals surface area contributed by atoms with E-state index in [0.717, 1.165) is 24.7 Å². The van der Waals surface area contributed by atoms with E-state index in [4.69, 9.17) is 0 Å². The topological polar surface area (TPSA) is 40.7 Å². The van der Waals surface area contributed by atoms with Gasteiger partial charge in [-0.3, -0.25) is 0 Å². The fourth-order valence-electron chi connectivity index (χ4n) is 1.88. The summed E-state index contributed by atoms with van der Waals surface area (Å²) in [6.07, 6.45) is 8.41. The summed E-state index contributed by atoms with van der Waals surface area (Å²) in [6.45, 7) is 7.89. The molecule has 0 aromatic carbocycles. The number of aromatic nitrogens is 2. The molecule has 0 radical (unpaired) electrons. The van der Waals surface area contributed by atoms with Crippen LogP contribution < -0.4 is 5.32 Å². The van der Waals surface area contributed by atoms with Crippen LogP contribution in [0.3, 0.4) is 0 Å². The molecule has 0 bridgehead atoms. The molecule has 0 amide bonds. The Hall–Kier alpha value is -0.830. The van der Waals surface area contributed by atoms with Crippen molar-refractivity contribution in [2.75, 3.05) is 6.54 Å². The van der Waals surface area contributed by atoms with Gasteiger partial charge in [-0.15, -0.1) is 0 Å². The van der Waals surface area contributed by atoms with Gasteiger partial charge in [0.2, 0.25) is 0 Å². The fourth-order valence-corrected chi connectivity index (χ4v) is 1.88. The highest BCUT2D eigenvalue weighted by atomic mass is 14.9. The minimum Gasteiger partial charge on any atom is -0.349 e. The van der Waals surface area contributed by atoms with E-state index in [-0.39, 0.29) is 0 Å². The van der Waals surface area contributed by atoms with E-state index in [9.17, 15) is 0 Å². The van der Waals surface area contributed by atoms with Gasteiger partial charge in [0.25, 0.3) is 0 Å². The normalized spacial score (nSPS) is 14.9. The molecule has 3 heteroatoms. The van der Waals surface area contributed by atoms with Crippen LogP contribution in [0, 0.1) is 5.92 Å². The van der Waals surface area contributed by atoms with Gasteiger partial charge in [-0.05, 0) is 25.3 Å². The average molecular weight is 223 g/mol. The molecule has 92 valence electrons. The first-order chi connectivity index (χ1) is 7.76. The first kappa shape index (κ1) is 13.2. The van der Waals surface area contributed by atoms with E-state index >= 15 is 0 Å². The third kappa shape index (κ3) is 4.79. The first-order valence-electron chi connectivity index (χ1n) is 6.47. The Labute approximate surface area is 99.1 Å². The molecule has 0 spiro atoms. The molecule has 0 aliphatic carbocycles. The van der Waals surface area contributed by atoms with Gasteiger partial charge in [-0.1, -0.05) is 27.2 Å². The predicted molar refractivity (Wildman–Crippen MR) is 68.4 cm³/mol. The van der Waals surface area contributed by atoms with Gasteiger partial charge in [0, 0.05) is 24.9 Å². The van der Waals surface area contributed by atoms with E-state index in [1.54, 1.807) is 0 Å². The number of rotatable bonds is 8. The SMILES string of the molecule is CCCNC(Cc1ncc[nH]1)CC(C)CC. The molecule has 2 atom stereocenters. The minimum absolute atomic E-state index is 0.557. The molecule has 16 heavy (non-hydrogen) atoms. The number of hydrogen-bond donors (Lipinski definition) is 2. The fraction of sp³-hybridized carbons (Fsp3) is 0.769. The van der Waals surface area contributed by atoms with Crippen molar-refractivity contribution in [3.63, 3.8) is 0 Å². The van der Waals surface area contributed by atoms with Gasteiger partial charge in [0.15, 0.2) is 0 Å². The Balaban J connectivity index is 2.43. The molecule has 1 rings (SSSR count). The lowest BCUT2D eigenvalue weighted by Gasteiger charge is -2.20. The second-order valence-corrected chi connectivity index (χ2v) is 4.64. The van der Waals surface area contributed by atoms with Gasteiger partial charge in [-0.25, -0.2) is 4.98 Å². The highest BCUT2D eigenvalue weighted by molar-refractivity contribution is 4.91. The maximum atomic E-state index is 4.30. The van der Waals surface area contributed by atoms with Gasteiger partial charge in [0.1, 0.15) is 5.82 Å². The average Bonchev–Trinajstić information content (AvgIpc) is 2.78. The van der Waals surface area contributed by atoms with Crippen molar-refractivity contribution < 1.29 is 0 Å². The third-order valence-electron chi connectivity index (χ3n) is 3.06. The van der Waals surface area contributed by atoms with Crippen LogP contribution in [0.1, 0.15) is 45.9 Å². The van der Waals surface area contributed by atoms with Crippen LogP contribution in [0.25, 0.3) is 0 Å². The molecule has 3 nitrogen and oxygen atoms in total. The van der Waals surface area contributed by atoms with Crippen LogP contribution in [-0.4, -0.2) is 22.6 Å². The van der Waals surface area contributed by atoms with E-state index in [1.807, 2.05) is 12.4 Å². The van der Waals surface area contributed by atoms with Gasteiger partial charge < -0.3 is 10.3 Å². The van der Waals surface area contributed by atoms with Crippen molar-refractivity contribution in [1.29, 1.82) is 0 Å². The van der Waals surface area contributed by atoms with Crippen molar-refractivity contribution in [1.82, 2.24) is 15.3 Å². The van der Waals surface area contributed by atoms with Crippen LogP contribution in [0.5, 0.6) is 0 Å². The van der Waals surface area contributed by atoms with Crippen LogP contribution in [0.15, 0.2) is 12.4 Å². The summed E-state index contributed by atoms with van der Waals surface area (Å²) in [5.74, 6) is 1.88. The molecule has 1 aromatic rings. The molecular formula is C13H25N3. The van der Waals surface area contributed by atoms with E-state index in [2.05, 4.69) is 36.1 Å². The molecule has 0 aliphatic heterocycles. The molecule has 1 heterocycles. The second kappa shape index (κ2) is 7.44. The van der Waals surface area contributed by atoms with E-state index in [0.29, 0.717) is 6.04 Å². The standard InChI is InChI=1S/C13H25N3/c1-4-6-14-12(9-11(3)5-2)10-13-15-7-8-16-13/h7-8,11-12,14H,4-6,9-10H2,1-3H3,(H,15,16). The lowest BCUT2D eigenvalue weighted by molar-refractivity contribution is 0.388. The van der Waals surface area contributed by atoms with Gasteiger partial charge in [-0.2, -0.15) is 0 Å². The number of imidazole rings is 1. The van der Waals surface area contributed by atoms with Crippen LogP contribution in [-0.2, 0) is 6.42 Å². The summed E-state index contributed by atoms with van der Waals surface area (Å²) in [4.78, 5) is 7.49. The largest absolute Gasteiger partial charge is 0.349 e. The van der Waals surface area contributed by atoms with Gasteiger partial charge >= 0.3 is 0 Å². The maximum Gasteiger partial charge on any atom is 0.107 e. The van der Waals surface area contributed by atoms with E-state index < -0.39 is 0 Å². The van der Waals surface area contributed by atoms with Crippen molar-refractivity contribution in [2.45, 2.75) is 52.5 Å². The van der Waals surface area contributed by atoms with Crippen LogP contribution in [0.2, 0.25) is 0 Å². The zero-order valence-corrected chi connectivity index (χ0v) is 10.8. The number of nitrogens with one attached hydrogen (secondary N) is 2. The summed E-state index contributed by atoms with van der Waals surface area (Å²) < 4.78 is 0. The summed E-state index contributed by atoms with van der Waals surface area (Å²) in [5, 5.41) is 3.61. The zero-order chi connectivity index (χ0) is 11.8. The molecule has 0 aliphatic rings. The Morgan fingerprint density at radius 1 is 1.44 bits per heavy atom. The Kier molecular flexibility index (Phi) is 6.16. The molecule has 0 saturated carbocycles. The molecule has 2 unspecified atom stereocenters. The predicted octanol–water partition coefficient (Wildman–Crippen LogP) is 2.76. The molecule has 0 saturated heterocycles. The summed E-state index contributed by atoms with van der Waals surface area (Å²) in [5.41, 5.74) is 0. The quantitative estimate of drug-likeness (QED) is 0.711. The van der Waals surface area contributed by atoms with Crippen molar-refractivity contribution in [3.8, 4) is 0 Å². The lowest BCUT2D eigenvalue weighted by atomic mass is 9.97. The van der Waals surface area contributed by atoms with Crippen molar-refractivity contribution in [2.24, 2.45) is 5.92 Å². The van der Waals surface area contributed by atoms with E-state index in [1.165, 1.54) is 19.3 Å². The Morgan fingerprint density at radius 2 is 2.25 bits per heavy atom. The number of aromatic amines is 1. The highest BCUT2D eigenvalue weighted by Gasteiger charge is 2.13. The van der Waals surface area contributed by atoms with Crippen molar-refractivity contribution in [3.05, 3.63) is 18.2 Å². The lowest BCUT2D eigenvalue weighted by Crippen LogP contribution is -2.33. The number of H-pyrrole nitrogens is 1. The summed E-state index contributed by atoms with van der Waals surface area (Å²) >= 11 is 0. The summed E-state index contributed by atoms with van der Waals surface area (Å²) in [6, 6.07) is 0.557. The van der Waals surface area contributed by atoms with Crippen molar-refractivity contribution >= 4 is 0 Å². The second-order valence-electron chi connectivity index (χ2n) is 4.64. The maximum absolute atomic E-state index is 4.30. The number of hydrogen-bond acceptors (Lipinski definition) is 2. The molecule has 0 fully saturated rings. The monoisotopic (exact) mass is 223 g/mol. The minimum atomic E-state index is 0.557. The smallest absolute Gasteiger partial charge is 0.107 e. The van der Waals surface area contributed by atoms with Crippen LogP contribution >= 0.6 is 0 Å². The molecule has 1 aromatic heterocycles. The van der Waals surface area contributed by atoms with Crippen LogP contribution in [0.4, 0.5) is 0 Å². The number of nitrogens with zero attached hydrogens (tertiary/aromatic N) is 1. The van der Waals surface area contributed by atoms with Gasteiger partial charge in [0.05, 0.1) is 0 Å². The Morgan fingerprint density at radius 3 is 2.81 bits per heavy atom. The molecular weight excluding hydrogens is 198 g/mol. The zero-order valence-electron chi connectivity index (χ0n) is 10.8. The molecule has 2 N–H and O–H groups in total. The first-order valence-corrected chi connectivity index (χ1v) is 6.47. The summed E-state index contributed by atoms with van der Waals surface area (Å²) in [7, 11) is 0. The highest BCUT2D eigenvalue weighted by Crippen LogP contribution is 2.12. The third-order valence-corrected chi connectivity index (χ3v) is 3.06. The Bertz CT molecular complexity index is 256.